The fraction of sp³-hybridized carbons (Fsp3) is 0.769. The lowest BCUT2D eigenvalue weighted by Gasteiger charge is -2.42. The van der Waals surface area contributed by atoms with Crippen LogP contribution in [0.25, 0.3) is 0 Å². The molecule has 0 radical (unpaired) electrons. The number of aliphatic hydroxyl groups is 7. The summed E-state index contributed by atoms with van der Waals surface area (Å²) in [6.45, 7) is 2.47. The van der Waals surface area contributed by atoms with E-state index in [-0.39, 0.29) is 19.4 Å². The zero-order chi connectivity index (χ0) is 48.9. The van der Waals surface area contributed by atoms with Crippen LogP contribution < -0.4 is 0 Å². The largest absolute Gasteiger partial charge is 0.462 e. The molecule has 2 rings (SSSR count). The third-order valence-corrected chi connectivity index (χ3v) is 11.7. The zero-order valence-electron chi connectivity index (χ0n) is 40.6. The number of aliphatic hydroxyl groups excluding tert-OH is 7. The molecule has 15 nitrogen and oxygen atoms in total. The fourth-order valence-corrected chi connectivity index (χ4v) is 7.49. The average molecular weight is 953 g/mol. The minimum atomic E-state index is -1.77. The van der Waals surface area contributed by atoms with Gasteiger partial charge >= 0.3 is 11.9 Å². The molecule has 0 amide bonds. The number of esters is 2. The predicted molar refractivity (Wildman–Crippen MR) is 256 cm³/mol. The van der Waals surface area contributed by atoms with Gasteiger partial charge in [0.05, 0.1) is 19.8 Å². The van der Waals surface area contributed by atoms with Crippen molar-refractivity contribution in [2.45, 2.75) is 229 Å². The summed E-state index contributed by atoms with van der Waals surface area (Å²) in [5, 5.41) is 72.0. The number of carbonyl (C=O) groups is 2. The van der Waals surface area contributed by atoms with Crippen LogP contribution in [0.5, 0.6) is 0 Å². The molecule has 4 unspecified atom stereocenters. The van der Waals surface area contributed by atoms with Crippen molar-refractivity contribution in [1.82, 2.24) is 0 Å². The number of ether oxygens (including phenoxy) is 6. The SMILES string of the molecule is CCCCC/C=C/C/C=C/C/C=C/C/C=C/CCCCCC(=O)O[C@H](COC(=O)CCCCCCC/C=C/CCCCC)CO[C@H]1O[C@@H](CO[C@H]2O[C@@H](CO)[C@@H](O)C(O)C2O)[C@@H](O)C(O)C1O. The van der Waals surface area contributed by atoms with Crippen LogP contribution in [0.15, 0.2) is 60.8 Å². The Morgan fingerprint density at radius 3 is 1.43 bits per heavy atom. The number of hydrogen-bond donors (Lipinski definition) is 7. The van der Waals surface area contributed by atoms with Gasteiger partial charge in [-0.3, -0.25) is 9.59 Å². The number of unbranched alkanes of at least 4 members (excludes halogenated alkanes) is 14. The highest BCUT2D eigenvalue weighted by molar-refractivity contribution is 5.70. The van der Waals surface area contributed by atoms with Crippen molar-refractivity contribution in [3.05, 3.63) is 60.8 Å². The molecule has 67 heavy (non-hydrogen) atoms. The lowest BCUT2D eigenvalue weighted by Crippen LogP contribution is -2.61. The standard InChI is InChI=1S/C52H88O15/c1-3-5-7-9-11-13-15-17-18-19-20-21-22-23-25-27-29-31-33-35-44(55)65-40(37-62-43(54)34-32-30-28-26-24-16-14-12-10-8-6-4-2)38-63-51-50(61)48(59)46(57)42(67-51)39-64-52-49(60)47(58)45(56)41(36-53)66-52/h11-14,17-18,20-21,23,25,40-42,45-53,56-61H,3-10,15-16,19,22,24,26-39H2,1-2H3/b13-11+,14-12+,18-17+,21-20+,25-23+/t40-,41+,42+,45-,46-,47?,48?,49?,50?,51+,52+/m1/s1. The molecule has 0 aromatic heterocycles. The maximum atomic E-state index is 13.0. The van der Waals surface area contributed by atoms with E-state index in [0.717, 1.165) is 83.5 Å². The molecular weight excluding hydrogens is 865 g/mol. The highest BCUT2D eigenvalue weighted by Crippen LogP contribution is 2.26. The first-order chi connectivity index (χ1) is 32.5. The molecule has 2 saturated heterocycles. The van der Waals surface area contributed by atoms with Crippen molar-refractivity contribution in [1.29, 1.82) is 0 Å². The van der Waals surface area contributed by atoms with Gasteiger partial charge in [0.15, 0.2) is 18.7 Å². The van der Waals surface area contributed by atoms with E-state index in [1.807, 2.05) is 0 Å². The van der Waals surface area contributed by atoms with Crippen LogP contribution in [0, 0.1) is 0 Å². The van der Waals surface area contributed by atoms with Crippen LogP contribution in [-0.2, 0) is 38.0 Å². The van der Waals surface area contributed by atoms with Gasteiger partial charge in [0.2, 0.25) is 0 Å². The number of allylic oxidation sites excluding steroid dienone is 10. The lowest BCUT2D eigenvalue weighted by atomic mass is 9.98. The molecule has 11 atom stereocenters. The van der Waals surface area contributed by atoms with Crippen LogP contribution in [0.2, 0.25) is 0 Å². The summed E-state index contributed by atoms with van der Waals surface area (Å²) in [7, 11) is 0. The monoisotopic (exact) mass is 953 g/mol. The second-order valence-corrected chi connectivity index (χ2v) is 17.6. The first-order valence-corrected chi connectivity index (χ1v) is 25.4. The van der Waals surface area contributed by atoms with Crippen LogP contribution in [0.1, 0.15) is 162 Å². The topological polar surface area (TPSA) is 231 Å². The Morgan fingerprint density at radius 1 is 0.478 bits per heavy atom. The van der Waals surface area contributed by atoms with Gasteiger partial charge in [-0.2, -0.15) is 0 Å². The van der Waals surface area contributed by atoms with Gasteiger partial charge < -0.3 is 64.2 Å². The molecule has 0 aromatic carbocycles. The minimum absolute atomic E-state index is 0.124. The fourth-order valence-electron chi connectivity index (χ4n) is 7.49. The van der Waals surface area contributed by atoms with E-state index in [9.17, 15) is 45.3 Å². The minimum Gasteiger partial charge on any atom is -0.462 e. The summed E-state index contributed by atoms with van der Waals surface area (Å²) in [5.74, 6) is -0.977. The summed E-state index contributed by atoms with van der Waals surface area (Å²) in [6.07, 6.45) is 26.8. The second kappa shape index (κ2) is 39.0. The van der Waals surface area contributed by atoms with Crippen molar-refractivity contribution in [2.24, 2.45) is 0 Å². The van der Waals surface area contributed by atoms with Gasteiger partial charge in [-0.05, 0) is 83.5 Å². The van der Waals surface area contributed by atoms with Crippen LogP contribution in [0.4, 0.5) is 0 Å². The van der Waals surface area contributed by atoms with Crippen molar-refractivity contribution in [2.75, 3.05) is 26.4 Å². The first kappa shape index (κ1) is 60.3. The van der Waals surface area contributed by atoms with Gasteiger partial charge in [-0.1, -0.05) is 126 Å². The molecule has 0 aliphatic carbocycles. The summed E-state index contributed by atoms with van der Waals surface area (Å²) in [4.78, 5) is 25.7. The Hall–Kier alpha value is -2.80. The zero-order valence-corrected chi connectivity index (χ0v) is 40.6. The Bertz CT molecular complexity index is 1400. The Labute approximate surface area is 400 Å². The Balaban J connectivity index is 1.84. The molecule has 7 N–H and O–H groups in total. The molecule has 2 aliphatic rings. The van der Waals surface area contributed by atoms with Crippen molar-refractivity contribution < 1.29 is 73.8 Å². The first-order valence-electron chi connectivity index (χ1n) is 25.4. The molecular formula is C52H88O15. The van der Waals surface area contributed by atoms with E-state index >= 15 is 0 Å². The molecule has 2 aliphatic heterocycles. The highest BCUT2D eigenvalue weighted by Gasteiger charge is 2.47. The summed E-state index contributed by atoms with van der Waals surface area (Å²) in [5.41, 5.74) is 0. The van der Waals surface area contributed by atoms with Gasteiger partial charge in [0.25, 0.3) is 0 Å². The molecule has 2 fully saturated rings. The predicted octanol–water partition coefficient (Wildman–Crippen LogP) is 6.88. The molecule has 386 valence electrons. The van der Waals surface area contributed by atoms with E-state index in [2.05, 4.69) is 74.6 Å². The third-order valence-electron chi connectivity index (χ3n) is 11.7. The van der Waals surface area contributed by atoms with E-state index < -0.39 is 99.3 Å². The maximum absolute atomic E-state index is 13.0. The lowest BCUT2D eigenvalue weighted by molar-refractivity contribution is -0.332. The normalized spacial score (nSPS) is 26.5. The molecule has 15 heteroatoms. The van der Waals surface area contributed by atoms with Crippen LogP contribution in [-0.4, -0.2) is 142 Å². The van der Waals surface area contributed by atoms with Crippen LogP contribution in [0.3, 0.4) is 0 Å². The number of carbonyl (C=O) groups excluding carboxylic acids is 2. The highest BCUT2D eigenvalue weighted by atomic mass is 16.7. The van der Waals surface area contributed by atoms with Crippen LogP contribution >= 0.6 is 0 Å². The van der Waals surface area contributed by atoms with Gasteiger partial charge in [-0.25, -0.2) is 0 Å². The van der Waals surface area contributed by atoms with E-state index in [4.69, 9.17) is 28.4 Å². The van der Waals surface area contributed by atoms with E-state index in [1.54, 1.807) is 0 Å². The average Bonchev–Trinajstić information content (AvgIpc) is 3.32. The maximum Gasteiger partial charge on any atom is 0.306 e. The summed E-state index contributed by atoms with van der Waals surface area (Å²) in [6, 6.07) is 0. The Kier molecular flexibility index (Phi) is 35.1. The van der Waals surface area contributed by atoms with Gasteiger partial charge in [-0.15, -0.1) is 0 Å². The smallest absolute Gasteiger partial charge is 0.306 e. The summed E-state index contributed by atoms with van der Waals surface area (Å²) >= 11 is 0. The van der Waals surface area contributed by atoms with E-state index in [1.165, 1.54) is 38.5 Å². The molecule has 0 aromatic rings. The Morgan fingerprint density at radius 2 is 0.896 bits per heavy atom. The number of hydrogen-bond acceptors (Lipinski definition) is 15. The van der Waals surface area contributed by atoms with Gasteiger partial charge in [0.1, 0.15) is 55.4 Å². The van der Waals surface area contributed by atoms with Crippen molar-refractivity contribution >= 4 is 11.9 Å². The number of rotatable bonds is 38. The van der Waals surface area contributed by atoms with Gasteiger partial charge in [0, 0.05) is 12.8 Å². The molecule has 0 spiro atoms. The van der Waals surface area contributed by atoms with E-state index in [0.29, 0.717) is 12.8 Å². The summed E-state index contributed by atoms with van der Waals surface area (Å²) < 4.78 is 33.5. The third kappa shape index (κ3) is 27.3. The molecule has 0 saturated carbocycles. The quantitative estimate of drug-likeness (QED) is 0.0190. The van der Waals surface area contributed by atoms with Crippen molar-refractivity contribution in [3.63, 3.8) is 0 Å². The van der Waals surface area contributed by atoms with Crippen molar-refractivity contribution in [3.8, 4) is 0 Å². The second-order valence-electron chi connectivity index (χ2n) is 17.6. The molecule has 2 heterocycles. The molecule has 0 bridgehead atoms.